The summed E-state index contributed by atoms with van der Waals surface area (Å²) in [6.45, 7) is 5.14. The molecule has 0 bridgehead atoms. The van der Waals surface area contributed by atoms with Crippen LogP contribution in [0.4, 0.5) is 0 Å². The highest BCUT2D eigenvalue weighted by Gasteiger charge is 2.26. The van der Waals surface area contributed by atoms with Crippen LogP contribution < -0.4 is 0 Å². The van der Waals surface area contributed by atoms with Crippen molar-refractivity contribution in [2.45, 2.75) is 25.8 Å². The average molecular weight is 385 g/mol. The van der Waals surface area contributed by atoms with Gasteiger partial charge in [0.2, 0.25) is 0 Å². The number of hydrogen-bond donors (Lipinski definition) is 0. The van der Waals surface area contributed by atoms with E-state index in [1.54, 1.807) is 0 Å². The molecule has 0 aromatic heterocycles. The second-order valence-corrected chi connectivity index (χ2v) is 8.52. The smallest absolute Gasteiger partial charge is 0.254 e. The third kappa shape index (κ3) is 3.79. The summed E-state index contributed by atoms with van der Waals surface area (Å²) in [5.74, 6) is 0.879. The van der Waals surface area contributed by atoms with Gasteiger partial charge in [-0.25, -0.2) is 0 Å². The molecule has 29 heavy (non-hydrogen) atoms. The molecule has 0 atom stereocenters. The predicted molar refractivity (Wildman–Crippen MR) is 118 cm³/mol. The van der Waals surface area contributed by atoms with Gasteiger partial charge in [0.1, 0.15) is 0 Å². The summed E-state index contributed by atoms with van der Waals surface area (Å²) in [6, 6.07) is 23.1. The molecule has 3 aromatic carbocycles. The number of rotatable bonds is 3. The second kappa shape index (κ2) is 8.00. The van der Waals surface area contributed by atoms with Crippen molar-refractivity contribution in [2.24, 2.45) is 5.92 Å². The Morgan fingerprint density at radius 3 is 2.41 bits per heavy atom. The fourth-order valence-electron chi connectivity index (χ4n) is 4.98. The van der Waals surface area contributed by atoms with Crippen molar-refractivity contribution in [3.63, 3.8) is 0 Å². The van der Waals surface area contributed by atoms with Gasteiger partial charge in [-0.15, -0.1) is 0 Å². The van der Waals surface area contributed by atoms with Crippen LogP contribution in [0.15, 0.2) is 66.7 Å². The van der Waals surface area contributed by atoms with E-state index in [1.165, 1.54) is 11.1 Å². The highest BCUT2D eigenvalue weighted by atomic mass is 16.2. The molecule has 148 valence electrons. The number of carbonyl (C=O) groups is 1. The molecule has 0 spiro atoms. The first-order valence-corrected chi connectivity index (χ1v) is 10.8. The molecule has 1 amide bonds. The minimum atomic E-state index is 0.187. The second-order valence-electron chi connectivity index (χ2n) is 8.52. The maximum Gasteiger partial charge on any atom is 0.254 e. The molecule has 0 unspecified atom stereocenters. The first-order valence-electron chi connectivity index (χ1n) is 10.8. The molecular weight excluding hydrogens is 356 g/mol. The minimum Gasteiger partial charge on any atom is -0.339 e. The maximum absolute atomic E-state index is 13.2. The molecule has 1 fully saturated rings. The average Bonchev–Trinajstić information content (AvgIpc) is 2.79. The van der Waals surface area contributed by atoms with Crippen LogP contribution in [0.2, 0.25) is 0 Å². The monoisotopic (exact) mass is 384 g/mol. The molecule has 2 heterocycles. The third-order valence-corrected chi connectivity index (χ3v) is 6.65. The van der Waals surface area contributed by atoms with E-state index in [0.717, 1.165) is 68.3 Å². The van der Waals surface area contributed by atoms with Crippen LogP contribution in [0.5, 0.6) is 0 Å². The SMILES string of the molecule is O=C(c1cccc2ccccc12)N1CCC(CN2CCc3ccccc3C2)CC1. The summed E-state index contributed by atoms with van der Waals surface area (Å²) in [5, 5.41) is 2.20. The van der Waals surface area contributed by atoms with E-state index in [4.69, 9.17) is 0 Å². The molecule has 3 aromatic rings. The Kier molecular flexibility index (Phi) is 5.07. The zero-order chi connectivity index (χ0) is 19.6. The molecule has 0 N–H and O–H groups in total. The number of piperidine rings is 1. The number of amides is 1. The van der Waals surface area contributed by atoms with Crippen LogP contribution in [-0.4, -0.2) is 41.9 Å². The van der Waals surface area contributed by atoms with Gasteiger partial charge in [-0.05, 0) is 53.1 Å². The number of nitrogens with zero attached hydrogens (tertiary/aromatic N) is 2. The van der Waals surface area contributed by atoms with E-state index in [0.29, 0.717) is 5.92 Å². The molecule has 3 heteroatoms. The van der Waals surface area contributed by atoms with Gasteiger partial charge in [0, 0.05) is 38.3 Å². The van der Waals surface area contributed by atoms with Gasteiger partial charge in [0.05, 0.1) is 0 Å². The van der Waals surface area contributed by atoms with Gasteiger partial charge in [-0.1, -0.05) is 60.7 Å². The standard InChI is InChI=1S/C26H28N2O/c29-26(25-11-5-9-22-7-3-4-10-24(22)25)28-16-12-20(13-17-28)18-27-15-14-21-6-1-2-8-23(21)19-27/h1-11,20H,12-19H2. The van der Waals surface area contributed by atoms with Crippen LogP contribution in [0.25, 0.3) is 10.8 Å². The summed E-state index contributed by atoms with van der Waals surface area (Å²) >= 11 is 0. The lowest BCUT2D eigenvalue weighted by Gasteiger charge is -2.36. The summed E-state index contributed by atoms with van der Waals surface area (Å²) in [5.41, 5.74) is 3.84. The number of carbonyl (C=O) groups excluding carboxylic acids is 1. The van der Waals surface area contributed by atoms with Gasteiger partial charge >= 0.3 is 0 Å². The number of benzene rings is 3. The van der Waals surface area contributed by atoms with Gasteiger partial charge in [-0.3, -0.25) is 9.69 Å². The molecule has 0 aliphatic carbocycles. The fraction of sp³-hybridized carbons (Fsp3) is 0.346. The van der Waals surface area contributed by atoms with Crippen molar-refractivity contribution in [1.82, 2.24) is 9.80 Å². The van der Waals surface area contributed by atoms with Gasteiger partial charge in [0.15, 0.2) is 0 Å². The molecular formula is C26H28N2O. The zero-order valence-corrected chi connectivity index (χ0v) is 16.9. The van der Waals surface area contributed by atoms with Crippen molar-refractivity contribution in [3.05, 3.63) is 83.4 Å². The lowest BCUT2D eigenvalue weighted by atomic mass is 9.93. The quantitative estimate of drug-likeness (QED) is 0.651. The fourth-order valence-corrected chi connectivity index (χ4v) is 4.98. The lowest BCUT2D eigenvalue weighted by molar-refractivity contribution is 0.0665. The van der Waals surface area contributed by atoms with E-state index in [9.17, 15) is 4.79 Å². The normalized spacial score (nSPS) is 18.0. The van der Waals surface area contributed by atoms with Gasteiger partial charge in [0.25, 0.3) is 5.91 Å². The van der Waals surface area contributed by atoms with Gasteiger partial charge in [-0.2, -0.15) is 0 Å². The highest BCUT2D eigenvalue weighted by molar-refractivity contribution is 6.07. The highest BCUT2D eigenvalue weighted by Crippen LogP contribution is 2.26. The van der Waals surface area contributed by atoms with E-state index < -0.39 is 0 Å². The molecule has 5 rings (SSSR count). The number of hydrogen-bond acceptors (Lipinski definition) is 2. The predicted octanol–water partition coefficient (Wildman–Crippen LogP) is 4.75. The molecule has 0 saturated carbocycles. The van der Waals surface area contributed by atoms with Crippen LogP contribution >= 0.6 is 0 Å². The van der Waals surface area contributed by atoms with Crippen LogP contribution in [0.1, 0.15) is 34.3 Å². The summed E-state index contributed by atoms with van der Waals surface area (Å²) in [7, 11) is 0. The number of fused-ring (bicyclic) bond motifs is 2. The minimum absolute atomic E-state index is 0.187. The van der Waals surface area contributed by atoms with E-state index >= 15 is 0 Å². The molecule has 3 nitrogen and oxygen atoms in total. The Morgan fingerprint density at radius 2 is 1.55 bits per heavy atom. The Balaban J connectivity index is 1.20. The first kappa shape index (κ1) is 18.4. The number of likely N-dealkylation sites (tertiary alicyclic amines) is 1. The van der Waals surface area contributed by atoms with Gasteiger partial charge < -0.3 is 4.90 Å². The Hall–Kier alpha value is -2.65. The molecule has 0 radical (unpaired) electrons. The topological polar surface area (TPSA) is 23.6 Å². The van der Waals surface area contributed by atoms with Crippen LogP contribution in [-0.2, 0) is 13.0 Å². The Morgan fingerprint density at radius 1 is 0.828 bits per heavy atom. The first-order chi connectivity index (χ1) is 14.3. The summed E-state index contributed by atoms with van der Waals surface area (Å²) in [6.07, 6.45) is 3.37. The molecule has 2 aliphatic rings. The van der Waals surface area contributed by atoms with E-state index in [2.05, 4.69) is 52.3 Å². The van der Waals surface area contributed by atoms with Crippen LogP contribution in [0.3, 0.4) is 0 Å². The Bertz CT molecular complexity index is 1010. The van der Waals surface area contributed by atoms with Crippen molar-refractivity contribution < 1.29 is 4.79 Å². The third-order valence-electron chi connectivity index (χ3n) is 6.65. The van der Waals surface area contributed by atoms with Crippen molar-refractivity contribution in [3.8, 4) is 0 Å². The molecule has 2 aliphatic heterocycles. The summed E-state index contributed by atoms with van der Waals surface area (Å²) < 4.78 is 0. The maximum atomic E-state index is 13.2. The Labute approximate surface area is 172 Å². The van der Waals surface area contributed by atoms with Crippen LogP contribution in [0, 0.1) is 5.92 Å². The zero-order valence-electron chi connectivity index (χ0n) is 16.9. The lowest BCUT2D eigenvalue weighted by Crippen LogP contribution is -2.42. The largest absolute Gasteiger partial charge is 0.339 e. The van der Waals surface area contributed by atoms with E-state index in [1.807, 2.05) is 24.3 Å². The van der Waals surface area contributed by atoms with Crippen molar-refractivity contribution in [1.29, 1.82) is 0 Å². The van der Waals surface area contributed by atoms with Crippen molar-refractivity contribution in [2.75, 3.05) is 26.2 Å². The van der Waals surface area contributed by atoms with Crippen molar-refractivity contribution >= 4 is 16.7 Å². The summed E-state index contributed by atoms with van der Waals surface area (Å²) in [4.78, 5) is 17.8. The van der Waals surface area contributed by atoms with E-state index in [-0.39, 0.29) is 5.91 Å². The molecule has 1 saturated heterocycles.